The molecule has 2 N–H and O–H groups in total. The number of nitro benzene ring substituents is 1. The van der Waals surface area contributed by atoms with E-state index in [1.807, 2.05) is 0 Å². The van der Waals surface area contributed by atoms with E-state index in [0.29, 0.717) is 19.4 Å². The topological polar surface area (TPSA) is 183 Å². The molecule has 1 aromatic carbocycles. The van der Waals surface area contributed by atoms with E-state index in [9.17, 15) is 29.8 Å². The van der Waals surface area contributed by atoms with Gasteiger partial charge < -0.3 is 9.64 Å². The monoisotopic (exact) mass is 459 g/mol. The summed E-state index contributed by atoms with van der Waals surface area (Å²) in [5.74, 6) is -1.73. The van der Waals surface area contributed by atoms with Gasteiger partial charge in [0.15, 0.2) is 0 Å². The van der Waals surface area contributed by atoms with Crippen LogP contribution in [-0.2, 0) is 9.53 Å². The summed E-state index contributed by atoms with van der Waals surface area (Å²) < 4.78 is 5.06. The Hall–Kier alpha value is -4.36. The minimum absolute atomic E-state index is 0.0103. The lowest BCUT2D eigenvalue weighted by atomic mass is 9.98. The first-order valence-corrected chi connectivity index (χ1v) is 10.0. The van der Waals surface area contributed by atoms with E-state index >= 15 is 0 Å². The number of anilines is 2. The second-order valence-corrected chi connectivity index (χ2v) is 7.07. The highest BCUT2D eigenvalue weighted by Crippen LogP contribution is 2.34. The van der Waals surface area contributed by atoms with Crippen LogP contribution < -0.4 is 15.8 Å². The molecule has 1 atom stereocenters. The summed E-state index contributed by atoms with van der Waals surface area (Å²) in [6.07, 6.45) is 2.32. The number of aromatic nitrogens is 2. The van der Waals surface area contributed by atoms with Crippen LogP contribution in [-0.4, -0.2) is 51.4 Å². The molecule has 1 aliphatic rings. The molecule has 14 nitrogen and oxygen atoms in total. The van der Waals surface area contributed by atoms with Crippen LogP contribution >= 0.6 is 0 Å². The van der Waals surface area contributed by atoms with Gasteiger partial charge in [0.05, 0.1) is 22.4 Å². The van der Waals surface area contributed by atoms with Crippen molar-refractivity contribution < 1.29 is 24.2 Å². The lowest BCUT2D eigenvalue weighted by Crippen LogP contribution is -2.40. The zero-order valence-electron chi connectivity index (χ0n) is 17.6. The molecule has 0 bridgehead atoms. The number of benzene rings is 1. The Balaban J connectivity index is 1.77. The van der Waals surface area contributed by atoms with Crippen molar-refractivity contribution in [2.45, 2.75) is 19.8 Å². The SMILES string of the molecule is CCOC(=O)C1CCCN(c2ncnc(NNC(=O)c3ccc([N+](=O)[O-])cc3)c2[N+](=O)[O-])C1. The van der Waals surface area contributed by atoms with E-state index in [1.54, 1.807) is 11.8 Å². The van der Waals surface area contributed by atoms with Gasteiger partial charge in [-0.15, -0.1) is 0 Å². The van der Waals surface area contributed by atoms with Crippen molar-refractivity contribution in [3.05, 3.63) is 56.4 Å². The molecule has 0 spiro atoms. The largest absolute Gasteiger partial charge is 0.466 e. The third-order valence-corrected chi connectivity index (χ3v) is 4.96. The Bertz CT molecular complexity index is 1060. The van der Waals surface area contributed by atoms with Crippen LogP contribution in [0, 0.1) is 26.1 Å². The summed E-state index contributed by atoms with van der Waals surface area (Å²) >= 11 is 0. The Labute approximate surface area is 187 Å². The first-order valence-electron chi connectivity index (χ1n) is 10.0. The van der Waals surface area contributed by atoms with Crippen molar-refractivity contribution in [1.29, 1.82) is 0 Å². The highest BCUT2D eigenvalue weighted by molar-refractivity contribution is 5.95. The molecule has 1 aromatic heterocycles. The van der Waals surface area contributed by atoms with Crippen LogP contribution in [0.25, 0.3) is 0 Å². The Morgan fingerprint density at radius 2 is 1.91 bits per heavy atom. The number of hydrogen-bond donors (Lipinski definition) is 2. The van der Waals surface area contributed by atoms with Crippen molar-refractivity contribution in [3.63, 3.8) is 0 Å². The van der Waals surface area contributed by atoms with Gasteiger partial charge in [-0.1, -0.05) is 0 Å². The highest BCUT2D eigenvalue weighted by Gasteiger charge is 2.33. The maximum atomic E-state index is 12.3. The summed E-state index contributed by atoms with van der Waals surface area (Å²) in [5.41, 5.74) is 4.15. The Morgan fingerprint density at radius 3 is 2.55 bits per heavy atom. The molecule has 0 aliphatic carbocycles. The highest BCUT2D eigenvalue weighted by atomic mass is 16.6. The van der Waals surface area contributed by atoms with Crippen molar-refractivity contribution in [1.82, 2.24) is 15.4 Å². The molecule has 2 aromatic rings. The van der Waals surface area contributed by atoms with Crippen LogP contribution in [0.5, 0.6) is 0 Å². The third kappa shape index (κ3) is 5.47. The van der Waals surface area contributed by atoms with E-state index in [2.05, 4.69) is 20.8 Å². The minimum atomic E-state index is -0.681. The zero-order chi connectivity index (χ0) is 24.0. The molecule has 14 heteroatoms. The van der Waals surface area contributed by atoms with Gasteiger partial charge >= 0.3 is 11.7 Å². The van der Waals surface area contributed by atoms with E-state index < -0.39 is 27.4 Å². The first-order chi connectivity index (χ1) is 15.8. The molecule has 0 radical (unpaired) electrons. The summed E-state index contributed by atoms with van der Waals surface area (Å²) in [5, 5.41) is 22.5. The third-order valence-electron chi connectivity index (χ3n) is 4.96. The van der Waals surface area contributed by atoms with Gasteiger partial charge in [-0.2, -0.15) is 0 Å². The number of non-ortho nitro benzene ring substituents is 1. The Kier molecular flexibility index (Phi) is 7.27. The van der Waals surface area contributed by atoms with Crippen LogP contribution in [0.1, 0.15) is 30.1 Å². The molecule has 1 fully saturated rings. The van der Waals surface area contributed by atoms with Crippen molar-refractivity contribution >= 4 is 34.9 Å². The minimum Gasteiger partial charge on any atom is -0.466 e. The lowest BCUT2D eigenvalue weighted by Gasteiger charge is -2.32. The number of ether oxygens (including phenoxy) is 1. The number of esters is 1. The normalized spacial score (nSPS) is 15.4. The van der Waals surface area contributed by atoms with Crippen LogP contribution in [0.15, 0.2) is 30.6 Å². The number of rotatable bonds is 8. The molecule has 3 rings (SSSR count). The van der Waals surface area contributed by atoms with E-state index in [-0.39, 0.29) is 42.0 Å². The second-order valence-electron chi connectivity index (χ2n) is 7.07. The number of hydrazine groups is 1. The molecule has 1 unspecified atom stereocenters. The van der Waals surface area contributed by atoms with Crippen LogP contribution in [0.3, 0.4) is 0 Å². The summed E-state index contributed by atoms with van der Waals surface area (Å²) in [6.45, 7) is 2.59. The standard InChI is InChI=1S/C19H21N7O7/c1-2-33-19(28)13-4-3-9-24(10-13)17-15(26(31)32)16(20-11-21-17)22-23-18(27)12-5-7-14(8-6-12)25(29)30/h5-8,11,13H,2-4,9-10H2,1H3,(H,23,27)(H,20,21,22). The van der Waals surface area contributed by atoms with Gasteiger partial charge in [0, 0.05) is 30.8 Å². The van der Waals surface area contributed by atoms with Crippen molar-refractivity contribution in [3.8, 4) is 0 Å². The van der Waals surface area contributed by atoms with Gasteiger partial charge in [0.2, 0.25) is 11.6 Å². The second kappa shape index (κ2) is 10.3. The van der Waals surface area contributed by atoms with E-state index in [1.165, 1.54) is 12.1 Å². The van der Waals surface area contributed by atoms with Gasteiger partial charge in [-0.25, -0.2) is 9.97 Å². The molecule has 2 heterocycles. The number of piperidine rings is 1. The molecule has 1 aliphatic heterocycles. The lowest BCUT2D eigenvalue weighted by molar-refractivity contribution is -0.384. The van der Waals surface area contributed by atoms with E-state index in [0.717, 1.165) is 18.5 Å². The van der Waals surface area contributed by atoms with Crippen LogP contribution in [0.4, 0.5) is 23.0 Å². The fraction of sp³-hybridized carbons (Fsp3) is 0.368. The number of carbonyl (C=O) groups excluding carboxylic acids is 2. The number of nitrogens with zero attached hydrogens (tertiary/aromatic N) is 5. The van der Waals surface area contributed by atoms with Crippen molar-refractivity contribution in [2.24, 2.45) is 5.92 Å². The molecular weight excluding hydrogens is 438 g/mol. The smallest absolute Gasteiger partial charge is 0.355 e. The fourth-order valence-corrected chi connectivity index (χ4v) is 3.41. The van der Waals surface area contributed by atoms with Crippen LogP contribution in [0.2, 0.25) is 0 Å². The maximum absolute atomic E-state index is 12.3. The first kappa shape index (κ1) is 23.3. The maximum Gasteiger partial charge on any atom is 0.355 e. The summed E-state index contributed by atoms with van der Waals surface area (Å²) in [4.78, 5) is 55.2. The van der Waals surface area contributed by atoms with Gasteiger partial charge in [0.25, 0.3) is 11.6 Å². The predicted molar refractivity (Wildman–Crippen MR) is 114 cm³/mol. The predicted octanol–water partition coefficient (Wildman–Crippen LogP) is 1.83. The molecule has 0 saturated carbocycles. The number of carbonyl (C=O) groups is 2. The number of nitro groups is 2. The molecule has 33 heavy (non-hydrogen) atoms. The van der Waals surface area contributed by atoms with Gasteiger partial charge in [-0.05, 0) is 31.9 Å². The summed E-state index contributed by atoms with van der Waals surface area (Å²) in [7, 11) is 0. The Morgan fingerprint density at radius 1 is 1.18 bits per heavy atom. The number of nitrogens with one attached hydrogen (secondary N) is 2. The zero-order valence-corrected chi connectivity index (χ0v) is 17.6. The number of amides is 1. The average Bonchev–Trinajstić information content (AvgIpc) is 2.82. The molecule has 1 saturated heterocycles. The number of hydrogen-bond acceptors (Lipinski definition) is 11. The van der Waals surface area contributed by atoms with E-state index in [4.69, 9.17) is 4.74 Å². The van der Waals surface area contributed by atoms with Gasteiger partial charge in [0.1, 0.15) is 6.33 Å². The van der Waals surface area contributed by atoms with Crippen molar-refractivity contribution in [2.75, 3.05) is 30.0 Å². The quantitative estimate of drug-likeness (QED) is 0.333. The van der Waals surface area contributed by atoms with Gasteiger partial charge in [-0.3, -0.25) is 40.7 Å². The molecular formula is C19H21N7O7. The fourth-order valence-electron chi connectivity index (χ4n) is 3.41. The molecule has 1 amide bonds. The molecule has 174 valence electrons. The summed E-state index contributed by atoms with van der Waals surface area (Å²) in [6, 6.07) is 4.82. The average molecular weight is 459 g/mol.